The van der Waals surface area contributed by atoms with Gasteiger partial charge in [-0.2, -0.15) is 13.2 Å². The lowest BCUT2D eigenvalue weighted by atomic mass is 10.2. The average molecular weight is 254 g/mol. The molecule has 0 aromatic heterocycles. The van der Waals surface area contributed by atoms with Crippen LogP contribution in [0, 0.1) is 0 Å². The summed E-state index contributed by atoms with van der Waals surface area (Å²) in [6, 6.07) is 0.0823. The molecule has 1 atom stereocenters. The molecule has 1 amide bonds. The van der Waals surface area contributed by atoms with E-state index in [9.17, 15) is 18.0 Å². The first-order valence-electron chi connectivity index (χ1n) is 5.55. The highest BCUT2D eigenvalue weighted by Gasteiger charge is 2.28. The number of piperazine rings is 1. The van der Waals surface area contributed by atoms with Crippen LogP contribution in [0.15, 0.2) is 0 Å². The fourth-order valence-electron chi connectivity index (χ4n) is 1.70. The zero-order valence-corrected chi connectivity index (χ0v) is 9.72. The predicted octanol–water partition coefficient (Wildman–Crippen LogP) is 0.776. The second kappa shape index (κ2) is 6.20. The summed E-state index contributed by atoms with van der Waals surface area (Å²) in [5, 5.41) is 3.13. The van der Waals surface area contributed by atoms with Crippen molar-refractivity contribution in [1.29, 1.82) is 0 Å². The number of alkyl halides is 3. The fourth-order valence-corrected chi connectivity index (χ4v) is 1.70. The van der Waals surface area contributed by atoms with E-state index >= 15 is 0 Å². The normalized spacial score (nSPS) is 21.6. The number of hydrogen-bond acceptors (Lipinski definition) is 3. The number of carbonyl (C=O) groups excluding carboxylic acids is 1. The molecule has 1 aliphatic heterocycles. The van der Waals surface area contributed by atoms with Crippen molar-refractivity contribution < 1.29 is 22.7 Å². The zero-order valence-electron chi connectivity index (χ0n) is 9.72. The second-order valence-corrected chi connectivity index (χ2v) is 4.06. The standard InChI is InChI=1S/C10H17F3N2O2/c1-8-6-14-3-4-15(8)9(16)2-5-17-7-10(11,12)13/h8,14H,2-7H2,1H3/t8-/m0/s1. The highest BCUT2D eigenvalue weighted by molar-refractivity contribution is 5.76. The van der Waals surface area contributed by atoms with Crippen molar-refractivity contribution in [3.63, 3.8) is 0 Å². The van der Waals surface area contributed by atoms with Crippen LogP contribution in [0.2, 0.25) is 0 Å². The third kappa shape index (κ3) is 5.36. The van der Waals surface area contributed by atoms with Crippen LogP contribution in [-0.4, -0.2) is 55.9 Å². The minimum Gasteiger partial charge on any atom is -0.372 e. The van der Waals surface area contributed by atoms with Gasteiger partial charge in [0, 0.05) is 25.7 Å². The Hall–Kier alpha value is -0.820. The number of ether oxygens (including phenoxy) is 1. The molecule has 4 nitrogen and oxygen atoms in total. The Bertz CT molecular complexity index is 258. The van der Waals surface area contributed by atoms with E-state index < -0.39 is 12.8 Å². The summed E-state index contributed by atoms with van der Waals surface area (Å²) in [5.74, 6) is -0.152. The molecule has 0 unspecified atom stereocenters. The third-order valence-electron chi connectivity index (χ3n) is 2.55. The van der Waals surface area contributed by atoms with Crippen molar-refractivity contribution in [2.45, 2.75) is 25.6 Å². The molecular weight excluding hydrogens is 237 g/mol. The van der Waals surface area contributed by atoms with Gasteiger partial charge in [0.1, 0.15) is 6.61 Å². The molecule has 0 aromatic rings. The zero-order chi connectivity index (χ0) is 12.9. The Labute approximate surface area is 98.1 Å². The molecule has 1 N–H and O–H groups in total. The molecule has 0 radical (unpaired) electrons. The molecule has 1 heterocycles. The van der Waals surface area contributed by atoms with Gasteiger partial charge in [-0.15, -0.1) is 0 Å². The lowest BCUT2D eigenvalue weighted by molar-refractivity contribution is -0.175. The number of carbonyl (C=O) groups is 1. The van der Waals surface area contributed by atoms with E-state index in [0.717, 1.165) is 13.1 Å². The van der Waals surface area contributed by atoms with E-state index in [-0.39, 0.29) is 25.0 Å². The largest absolute Gasteiger partial charge is 0.411 e. The van der Waals surface area contributed by atoms with Crippen LogP contribution in [0.25, 0.3) is 0 Å². The number of nitrogens with zero attached hydrogens (tertiary/aromatic N) is 1. The molecule has 0 spiro atoms. The van der Waals surface area contributed by atoms with Gasteiger partial charge in [-0.3, -0.25) is 4.79 Å². The number of amides is 1. The topological polar surface area (TPSA) is 41.6 Å². The molecule has 17 heavy (non-hydrogen) atoms. The van der Waals surface area contributed by atoms with E-state index in [1.165, 1.54) is 0 Å². The quantitative estimate of drug-likeness (QED) is 0.754. The number of rotatable bonds is 4. The van der Waals surface area contributed by atoms with Crippen molar-refractivity contribution in [3.05, 3.63) is 0 Å². The first kappa shape index (κ1) is 14.2. The van der Waals surface area contributed by atoms with Gasteiger partial charge in [0.15, 0.2) is 0 Å². The predicted molar refractivity (Wildman–Crippen MR) is 55.5 cm³/mol. The average Bonchev–Trinajstić information content (AvgIpc) is 2.23. The minimum absolute atomic E-state index is 0.000417. The Kier molecular flexibility index (Phi) is 5.20. The maximum absolute atomic E-state index is 11.8. The highest BCUT2D eigenvalue weighted by Crippen LogP contribution is 2.14. The van der Waals surface area contributed by atoms with Crippen molar-refractivity contribution in [3.8, 4) is 0 Å². The Morgan fingerprint density at radius 1 is 1.53 bits per heavy atom. The molecular formula is C10H17F3N2O2. The van der Waals surface area contributed by atoms with E-state index in [0.29, 0.717) is 6.54 Å². The summed E-state index contributed by atoms with van der Waals surface area (Å²) in [5.41, 5.74) is 0. The van der Waals surface area contributed by atoms with Gasteiger partial charge in [0.25, 0.3) is 0 Å². The van der Waals surface area contributed by atoms with E-state index in [4.69, 9.17) is 0 Å². The molecule has 0 aromatic carbocycles. The summed E-state index contributed by atoms with van der Waals surface area (Å²) in [6.07, 6.45) is -4.33. The van der Waals surface area contributed by atoms with Crippen LogP contribution in [0.5, 0.6) is 0 Å². The van der Waals surface area contributed by atoms with E-state index in [1.54, 1.807) is 4.90 Å². The van der Waals surface area contributed by atoms with Gasteiger partial charge in [-0.25, -0.2) is 0 Å². The Balaban J connectivity index is 2.20. The fraction of sp³-hybridized carbons (Fsp3) is 0.900. The van der Waals surface area contributed by atoms with Crippen molar-refractivity contribution in [2.75, 3.05) is 32.8 Å². The van der Waals surface area contributed by atoms with Gasteiger partial charge in [0.05, 0.1) is 13.0 Å². The highest BCUT2D eigenvalue weighted by atomic mass is 19.4. The third-order valence-corrected chi connectivity index (χ3v) is 2.55. The van der Waals surface area contributed by atoms with Crippen LogP contribution in [-0.2, 0) is 9.53 Å². The molecule has 1 saturated heterocycles. The lowest BCUT2D eigenvalue weighted by Crippen LogP contribution is -2.52. The summed E-state index contributed by atoms with van der Waals surface area (Å²) in [7, 11) is 0. The molecule has 1 rings (SSSR count). The molecule has 7 heteroatoms. The molecule has 0 saturated carbocycles. The lowest BCUT2D eigenvalue weighted by Gasteiger charge is -2.34. The SMILES string of the molecule is C[C@H]1CNCCN1C(=O)CCOCC(F)(F)F. The molecule has 0 bridgehead atoms. The summed E-state index contributed by atoms with van der Waals surface area (Å²) in [4.78, 5) is 13.3. The smallest absolute Gasteiger partial charge is 0.372 e. The molecule has 0 aliphatic carbocycles. The van der Waals surface area contributed by atoms with Gasteiger partial charge in [-0.1, -0.05) is 0 Å². The first-order valence-corrected chi connectivity index (χ1v) is 5.55. The maximum Gasteiger partial charge on any atom is 0.411 e. The molecule has 1 aliphatic rings. The monoisotopic (exact) mass is 254 g/mol. The van der Waals surface area contributed by atoms with Gasteiger partial charge in [0.2, 0.25) is 5.91 Å². The van der Waals surface area contributed by atoms with E-state index in [2.05, 4.69) is 10.1 Å². The minimum atomic E-state index is -4.33. The second-order valence-electron chi connectivity index (χ2n) is 4.06. The first-order chi connectivity index (χ1) is 7.90. The van der Waals surface area contributed by atoms with Crippen LogP contribution in [0.1, 0.15) is 13.3 Å². The van der Waals surface area contributed by atoms with Crippen LogP contribution < -0.4 is 5.32 Å². The van der Waals surface area contributed by atoms with Crippen molar-refractivity contribution in [1.82, 2.24) is 10.2 Å². The Morgan fingerprint density at radius 3 is 2.82 bits per heavy atom. The Morgan fingerprint density at radius 2 is 2.24 bits per heavy atom. The van der Waals surface area contributed by atoms with E-state index in [1.807, 2.05) is 6.92 Å². The van der Waals surface area contributed by atoms with Gasteiger partial charge in [-0.05, 0) is 6.92 Å². The molecule has 1 fully saturated rings. The van der Waals surface area contributed by atoms with Gasteiger partial charge < -0.3 is 15.0 Å². The van der Waals surface area contributed by atoms with Gasteiger partial charge >= 0.3 is 6.18 Å². The number of halogens is 3. The summed E-state index contributed by atoms with van der Waals surface area (Å²) >= 11 is 0. The molecule has 100 valence electrons. The maximum atomic E-state index is 11.8. The number of hydrogen-bond donors (Lipinski definition) is 1. The van der Waals surface area contributed by atoms with Crippen molar-refractivity contribution in [2.24, 2.45) is 0 Å². The number of nitrogens with one attached hydrogen (secondary N) is 1. The summed E-state index contributed by atoms with van der Waals surface area (Å²) < 4.78 is 39.7. The van der Waals surface area contributed by atoms with Crippen LogP contribution >= 0.6 is 0 Å². The van der Waals surface area contributed by atoms with Crippen LogP contribution in [0.3, 0.4) is 0 Å². The summed E-state index contributed by atoms with van der Waals surface area (Å²) in [6.45, 7) is 2.46. The van der Waals surface area contributed by atoms with Crippen LogP contribution in [0.4, 0.5) is 13.2 Å². The van der Waals surface area contributed by atoms with Crippen molar-refractivity contribution >= 4 is 5.91 Å².